The van der Waals surface area contributed by atoms with E-state index >= 15 is 0 Å². The molecule has 0 radical (unpaired) electrons. The molecule has 0 aliphatic carbocycles. The second-order valence-electron chi connectivity index (χ2n) is 4.58. The Morgan fingerprint density at radius 3 is 2.77 bits per heavy atom. The second kappa shape index (κ2) is 7.89. The summed E-state index contributed by atoms with van der Waals surface area (Å²) in [5, 5.41) is 3.32. The highest BCUT2D eigenvalue weighted by Crippen LogP contribution is 2.29. The van der Waals surface area contributed by atoms with Crippen molar-refractivity contribution < 1.29 is 14.6 Å². The molecule has 5 nitrogen and oxygen atoms in total. The van der Waals surface area contributed by atoms with Gasteiger partial charge in [-0.1, -0.05) is 24.6 Å². The van der Waals surface area contributed by atoms with E-state index in [1.165, 1.54) is 7.11 Å². The molecule has 22 heavy (non-hydrogen) atoms. The first-order valence-corrected chi connectivity index (χ1v) is 7.22. The third-order valence-corrected chi connectivity index (χ3v) is 3.37. The molecule has 1 heterocycles. The summed E-state index contributed by atoms with van der Waals surface area (Å²) in [5.41, 5.74) is 2.64. The van der Waals surface area contributed by atoms with Crippen LogP contribution in [0.4, 0.5) is 5.82 Å². The molecule has 116 valence electrons. The predicted octanol–water partition coefficient (Wildman–Crippen LogP) is 3.83. The highest BCUT2D eigenvalue weighted by atomic mass is 35.5. The Bertz CT molecular complexity index is 644. The summed E-state index contributed by atoms with van der Waals surface area (Å²) in [6.45, 7) is 2.12. The average molecular weight is 321 g/mol. The molecule has 0 spiro atoms. The number of rotatable bonds is 6. The lowest BCUT2D eigenvalue weighted by Crippen LogP contribution is -2.10. The van der Waals surface area contributed by atoms with Crippen molar-refractivity contribution >= 4 is 23.3 Å². The van der Waals surface area contributed by atoms with Crippen molar-refractivity contribution in [2.45, 2.75) is 20.0 Å². The van der Waals surface area contributed by atoms with E-state index in [2.05, 4.69) is 15.2 Å². The summed E-state index contributed by atoms with van der Waals surface area (Å²) in [6, 6.07) is 9.20. The molecular weight excluding hydrogens is 304 g/mol. The summed E-state index contributed by atoms with van der Waals surface area (Å²) in [5.74, 6) is 0.447. The van der Waals surface area contributed by atoms with Gasteiger partial charge in [-0.2, -0.15) is 0 Å². The Morgan fingerprint density at radius 2 is 2.14 bits per heavy atom. The topological polar surface area (TPSA) is 60.5 Å². The van der Waals surface area contributed by atoms with Gasteiger partial charge in [0.2, 0.25) is 5.91 Å². The van der Waals surface area contributed by atoms with Crippen molar-refractivity contribution in [1.29, 1.82) is 0 Å². The second-order valence-corrected chi connectivity index (χ2v) is 4.98. The number of pyridine rings is 1. The van der Waals surface area contributed by atoms with Gasteiger partial charge in [0.25, 0.3) is 0 Å². The van der Waals surface area contributed by atoms with E-state index in [1.807, 2.05) is 18.2 Å². The lowest BCUT2D eigenvalue weighted by atomic mass is 10.0. The number of carbonyl (C=O) groups excluding carboxylic acids is 1. The van der Waals surface area contributed by atoms with Gasteiger partial charge in [0, 0.05) is 28.8 Å². The maximum atomic E-state index is 11.3. The van der Waals surface area contributed by atoms with Gasteiger partial charge in [0.15, 0.2) is 0 Å². The molecule has 0 unspecified atom stereocenters. The molecule has 6 heteroatoms. The fourth-order valence-electron chi connectivity index (χ4n) is 1.87. The minimum Gasteiger partial charge on any atom is -0.311 e. The quantitative estimate of drug-likeness (QED) is 0.649. The summed E-state index contributed by atoms with van der Waals surface area (Å²) < 4.78 is 0. The third kappa shape index (κ3) is 4.27. The molecule has 0 saturated heterocycles. The van der Waals surface area contributed by atoms with Crippen molar-refractivity contribution in [3.05, 3.63) is 47.1 Å². The van der Waals surface area contributed by atoms with E-state index in [-0.39, 0.29) is 5.91 Å². The normalized spacial score (nSPS) is 10.5. The van der Waals surface area contributed by atoms with Crippen LogP contribution in [-0.2, 0) is 21.2 Å². The number of halogens is 1. The molecule has 1 aromatic heterocycles. The minimum atomic E-state index is -0.0722. The molecule has 1 amide bonds. The molecule has 0 aliphatic rings. The standard InChI is InChI=1S/C16H17ClN2O3/c1-3-16(20)19-15-7-5-12(9-18-15)13-8-11(10-22-21-2)4-6-14(13)17/h4-9H,3,10H2,1-2H3,(H,18,19,20). The Balaban J connectivity index is 2.21. The fraction of sp³-hybridized carbons (Fsp3) is 0.250. The van der Waals surface area contributed by atoms with Gasteiger partial charge in [-0.05, 0) is 29.8 Å². The maximum Gasteiger partial charge on any atom is 0.225 e. The Hall–Kier alpha value is -1.95. The minimum absolute atomic E-state index is 0.0722. The summed E-state index contributed by atoms with van der Waals surface area (Å²) in [6.07, 6.45) is 2.09. The van der Waals surface area contributed by atoms with Gasteiger partial charge >= 0.3 is 0 Å². The van der Waals surface area contributed by atoms with Crippen molar-refractivity contribution in [2.75, 3.05) is 12.4 Å². The SMILES string of the molecule is CCC(=O)Nc1ccc(-c2cc(COOC)ccc2Cl)cn1. The highest BCUT2D eigenvalue weighted by molar-refractivity contribution is 6.33. The Kier molecular flexibility index (Phi) is 5.89. The highest BCUT2D eigenvalue weighted by Gasteiger charge is 2.07. The van der Waals surface area contributed by atoms with Crippen molar-refractivity contribution in [3.63, 3.8) is 0 Å². The van der Waals surface area contributed by atoms with E-state index in [0.717, 1.165) is 16.7 Å². The number of amides is 1. The van der Waals surface area contributed by atoms with Gasteiger partial charge in [-0.25, -0.2) is 14.8 Å². The van der Waals surface area contributed by atoms with E-state index in [9.17, 15) is 4.79 Å². The zero-order valence-electron chi connectivity index (χ0n) is 12.4. The lowest BCUT2D eigenvalue weighted by Gasteiger charge is -2.09. The van der Waals surface area contributed by atoms with Crippen LogP contribution >= 0.6 is 11.6 Å². The number of carbonyl (C=O) groups is 1. The molecule has 0 atom stereocenters. The van der Waals surface area contributed by atoms with Crippen LogP contribution < -0.4 is 5.32 Å². The van der Waals surface area contributed by atoms with Crippen LogP contribution in [0.25, 0.3) is 11.1 Å². The van der Waals surface area contributed by atoms with E-state index in [4.69, 9.17) is 16.5 Å². The number of nitrogens with one attached hydrogen (secondary N) is 1. The monoisotopic (exact) mass is 320 g/mol. The first-order chi connectivity index (χ1) is 10.6. The van der Waals surface area contributed by atoms with E-state index in [1.54, 1.807) is 25.3 Å². The first-order valence-electron chi connectivity index (χ1n) is 6.84. The lowest BCUT2D eigenvalue weighted by molar-refractivity contribution is -0.282. The molecule has 0 aliphatic heterocycles. The number of anilines is 1. The smallest absolute Gasteiger partial charge is 0.225 e. The third-order valence-electron chi connectivity index (χ3n) is 3.04. The molecule has 2 rings (SSSR count). The zero-order valence-corrected chi connectivity index (χ0v) is 13.2. The molecule has 1 N–H and O–H groups in total. The van der Waals surface area contributed by atoms with Crippen molar-refractivity contribution in [2.24, 2.45) is 0 Å². The summed E-state index contributed by atoms with van der Waals surface area (Å²) >= 11 is 6.24. The van der Waals surface area contributed by atoms with Gasteiger partial charge < -0.3 is 5.32 Å². The van der Waals surface area contributed by atoms with Gasteiger partial charge in [0.1, 0.15) is 12.4 Å². The van der Waals surface area contributed by atoms with Gasteiger partial charge in [0.05, 0.1) is 7.11 Å². The van der Waals surface area contributed by atoms with Crippen LogP contribution in [0.1, 0.15) is 18.9 Å². The molecule has 0 saturated carbocycles. The number of nitrogens with zero attached hydrogens (tertiary/aromatic N) is 1. The van der Waals surface area contributed by atoms with Crippen molar-refractivity contribution in [1.82, 2.24) is 4.98 Å². The number of hydrogen-bond acceptors (Lipinski definition) is 4. The van der Waals surface area contributed by atoms with Crippen LogP contribution in [0.15, 0.2) is 36.5 Å². The zero-order chi connectivity index (χ0) is 15.9. The average Bonchev–Trinajstić information content (AvgIpc) is 2.55. The molecule has 0 bridgehead atoms. The largest absolute Gasteiger partial charge is 0.311 e. The number of hydrogen-bond donors (Lipinski definition) is 1. The maximum absolute atomic E-state index is 11.3. The number of benzene rings is 1. The van der Waals surface area contributed by atoms with E-state index in [0.29, 0.717) is 23.9 Å². The molecule has 0 fully saturated rings. The predicted molar refractivity (Wildman–Crippen MR) is 85.4 cm³/mol. The number of aromatic nitrogens is 1. The van der Waals surface area contributed by atoms with Crippen LogP contribution in [0, 0.1) is 0 Å². The fourth-order valence-corrected chi connectivity index (χ4v) is 2.10. The molecular formula is C16H17ClN2O3. The Labute approximate surface area is 134 Å². The van der Waals surface area contributed by atoms with Gasteiger partial charge in [-0.15, -0.1) is 0 Å². The van der Waals surface area contributed by atoms with Crippen LogP contribution in [0.2, 0.25) is 5.02 Å². The molecule has 1 aromatic carbocycles. The Morgan fingerprint density at radius 1 is 1.32 bits per heavy atom. The summed E-state index contributed by atoms with van der Waals surface area (Å²) in [7, 11) is 1.46. The van der Waals surface area contributed by atoms with Gasteiger partial charge in [-0.3, -0.25) is 4.79 Å². The van der Waals surface area contributed by atoms with Crippen LogP contribution in [-0.4, -0.2) is 18.0 Å². The first kappa shape index (κ1) is 16.4. The van der Waals surface area contributed by atoms with Crippen LogP contribution in [0.3, 0.4) is 0 Å². The summed E-state index contributed by atoms with van der Waals surface area (Å²) in [4.78, 5) is 25.1. The van der Waals surface area contributed by atoms with E-state index < -0.39 is 0 Å². The molecule has 2 aromatic rings. The van der Waals surface area contributed by atoms with Crippen molar-refractivity contribution in [3.8, 4) is 11.1 Å². The van der Waals surface area contributed by atoms with Crippen LogP contribution in [0.5, 0.6) is 0 Å².